The number of benzene rings is 5. The van der Waals surface area contributed by atoms with Crippen molar-refractivity contribution in [2.24, 2.45) is 0 Å². The second kappa shape index (κ2) is 6.83. The summed E-state index contributed by atoms with van der Waals surface area (Å²) >= 11 is 0. The van der Waals surface area contributed by atoms with Crippen molar-refractivity contribution >= 4 is 34.8 Å². The minimum Gasteiger partial charge on any atom is -0.0663 e. The van der Waals surface area contributed by atoms with Crippen molar-refractivity contribution in [1.29, 1.82) is 0 Å². The molecule has 0 aliphatic carbocycles. The molecule has 0 nitrogen and oxygen atoms in total. The highest BCUT2D eigenvalue weighted by atomic mass is 31.1. The number of rotatable bonds is 1. The van der Waals surface area contributed by atoms with Crippen LogP contribution in [-0.2, 0) is 12.3 Å². The van der Waals surface area contributed by atoms with Crippen LogP contribution in [0.1, 0.15) is 11.1 Å². The van der Waals surface area contributed by atoms with E-state index in [0.29, 0.717) is 0 Å². The van der Waals surface area contributed by atoms with Crippen molar-refractivity contribution in [1.82, 2.24) is 0 Å². The van der Waals surface area contributed by atoms with Crippen molar-refractivity contribution in [3.05, 3.63) is 114 Å². The lowest BCUT2D eigenvalue weighted by Crippen LogP contribution is -2.03. The van der Waals surface area contributed by atoms with Crippen molar-refractivity contribution in [3.63, 3.8) is 0 Å². The van der Waals surface area contributed by atoms with Crippen LogP contribution in [0.3, 0.4) is 0 Å². The normalized spacial score (nSPS) is 13.8. The molecule has 29 heavy (non-hydrogen) atoms. The summed E-state index contributed by atoms with van der Waals surface area (Å²) < 4.78 is 0. The number of hydrogen-bond acceptors (Lipinski definition) is 0. The summed E-state index contributed by atoms with van der Waals surface area (Å²) in [7, 11) is -0.277. The molecule has 1 heteroatoms. The van der Waals surface area contributed by atoms with Crippen molar-refractivity contribution in [2.45, 2.75) is 12.3 Å². The van der Waals surface area contributed by atoms with Crippen LogP contribution < -0.4 is 5.30 Å². The van der Waals surface area contributed by atoms with Crippen LogP contribution in [0.25, 0.3) is 32.7 Å². The summed E-state index contributed by atoms with van der Waals surface area (Å²) in [4.78, 5) is 0. The fourth-order valence-electron chi connectivity index (χ4n) is 4.78. The van der Waals surface area contributed by atoms with Crippen LogP contribution in [0.5, 0.6) is 0 Å². The Kier molecular flexibility index (Phi) is 3.99. The van der Waals surface area contributed by atoms with E-state index in [0.717, 1.165) is 12.3 Å². The molecule has 138 valence electrons. The van der Waals surface area contributed by atoms with E-state index in [1.54, 1.807) is 0 Å². The molecule has 0 saturated carbocycles. The number of fused-ring (bicyclic) bond motifs is 7. The van der Waals surface area contributed by atoms with E-state index in [2.05, 4.69) is 103 Å². The zero-order chi connectivity index (χ0) is 19.2. The van der Waals surface area contributed by atoms with E-state index in [4.69, 9.17) is 0 Å². The smallest absolute Gasteiger partial charge is 0.00234 e. The van der Waals surface area contributed by atoms with Crippen LogP contribution in [0, 0.1) is 0 Å². The van der Waals surface area contributed by atoms with Crippen LogP contribution in [-0.4, -0.2) is 0 Å². The van der Waals surface area contributed by atoms with Crippen LogP contribution in [0.4, 0.5) is 0 Å². The Hall–Kier alpha value is -2.95. The van der Waals surface area contributed by atoms with Gasteiger partial charge in [-0.05, 0) is 61.4 Å². The average molecular weight is 388 g/mol. The van der Waals surface area contributed by atoms with Gasteiger partial charge in [-0.3, -0.25) is 0 Å². The van der Waals surface area contributed by atoms with Gasteiger partial charge in [-0.2, -0.15) is 0 Å². The summed E-state index contributed by atoms with van der Waals surface area (Å²) in [6.07, 6.45) is 2.28. The molecule has 0 fully saturated rings. The molecule has 0 bridgehead atoms. The van der Waals surface area contributed by atoms with Crippen LogP contribution in [0.2, 0.25) is 0 Å². The zero-order valence-corrected chi connectivity index (χ0v) is 17.1. The Morgan fingerprint density at radius 3 is 1.48 bits per heavy atom. The Morgan fingerprint density at radius 2 is 0.931 bits per heavy atom. The summed E-state index contributed by atoms with van der Waals surface area (Å²) in [6, 6.07) is 38.2. The Bertz CT molecular complexity index is 1260. The van der Waals surface area contributed by atoms with Crippen LogP contribution in [0.15, 0.2) is 103 Å². The highest BCUT2D eigenvalue weighted by Gasteiger charge is 2.25. The van der Waals surface area contributed by atoms with Gasteiger partial charge in [0.15, 0.2) is 0 Å². The second-order valence-corrected chi connectivity index (χ2v) is 10.1. The molecule has 6 rings (SSSR count). The third-order valence-electron chi connectivity index (χ3n) is 6.12. The lowest BCUT2D eigenvalue weighted by molar-refractivity contribution is 1.40. The maximum Gasteiger partial charge on any atom is -0.00234 e. The lowest BCUT2D eigenvalue weighted by atomic mass is 9.88. The first-order valence-electron chi connectivity index (χ1n) is 10.2. The third kappa shape index (κ3) is 2.79. The largest absolute Gasteiger partial charge is 0.0663 e. The minimum atomic E-state index is -0.277. The molecular formula is C28H21P. The zero-order valence-electron chi connectivity index (χ0n) is 16.2. The summed E-state index contributed by atoms with van der Waals surface area (Å²) in [5, 5.41) is 6.93. The molecule has 0 aromatic heterocycles. The van der Waals surface area contributed by atoms with Gasteiger partial charge in [0.05, 0.1) is 0 Å². The Labute approximate surface area is 172 Å². The lowest BCUT2D eigenvalue weighted by Gasteiger charge is -2.17. The van der Waals surface area contributed by atoms with Gasteiger partial charge < -0.3 is 0 Å². The standard InChI is InChI=1S/C28H21P/c1-2-10-24(11-3-1)29-18-22-16-14-20-8-4-6-12-25(20)27(22)28-23(19-29)17-15-21-9-5-7-13-26(21)28/h1-17H,18-19H2. The summed E-state index contributed by atoms with van der Waals surface area (Å²) in [5.74, 6) is 0. The van der Waals surface area contributed by atoms with Gasteiger partial charge in [0.1, 0.15) is 0 Å². The molecule has 1 heterocycles. The van der Waals surface area contributed by atoms with Crippen molar-refractivity contribution in [2.75, 3.05) is 0 Å². The van der Waals surface area contributed by atoms with E-state index in [1.807, 2.05) is 0 Å². The predicted molar refractivity (Wildman–Crippen MR) is 127 cm³/mol. The van der Waals surface area contributed by atoms with Gasteiger partial charge in [0, 0.05) is 0 Å². The van der Waals surface area contributed by atoms with Gasteiger partial charge in [0.2, 0.25) is 0 Å². The van der Waals surface area contributed by atoms with Gasteiger partial charge in [-0.25, -0.2) is 0 Å². The van der Waals surface area contributed by atoms with Crippen molar-refractivity contribution < 1.29 is 0 Å². The van der Waals surface area contributed by atoms with Crippen molar-refractivity contribution in [3.8, 4) is 11.1 Å². The van der Waals surface area contributed by atoms with E-state index in [-0.39, 0.29) is 7.92 Å². The SMILES string of the molecule is c1ccc(P2Cc3ccc4ccccc4c3-c3c(ccc4ccccc34)C2)cc1. The molecule has 0 amide bonds. The first-order valence-corrected chi connectivity index (χ1v) is 11.9. The van der Waals surface area contributed by atoms with Gasteiger partial charge in [-0.15, -0.1) is 0 Å². The van der Waals surface area contributed by atoms with E-state index in [9.17, 15) is 0 Å². The molecule has 0 spiro atoms. The topological polar surface area (TPSA) is 0 Å². The Morgan fingerprint density at radius 1 is 0.448 bits per heavy atom. The highest BCUT2D eigenvalue weighted by Crippen LogP contribution is 2.52. The number of hydrogen-bond donors (Lipinski definition) is 0. The summed E-state index contributed by atoms with van der Waals surface area (Å²) in [5.41, 5.74) is 5.90. The van der Waals surface area contributed by atoms with E-state index < -0.39 is 0 Å². The summed E-state index contributed by atoms with van der Waals surface area (Å²) in [6.45, 7) is 0. The average Bonchev–Trinajstić information content (AvgIpc) is 2.97. The van der Waals surface area contributed by atoms with E-state index in [1.165, 1.54) is 49.1 Å². The van der Waals surface area contributed by atoms with E-state index >= 15 is 0 Å². The highest BCUT2D eigenvalue weighted by molar-refractivity contribution is 7.64. The molecule has 0 atom stereocenters. The first-order chi connectivity index (χ1) is 14.4. The first kappa shape index (κ1) is 17.0. The Balaban J connectivity index is 1.72. The molecule has 0 radical (unpaired) electrons. The molecule has 1 aliphatic heterocycles. The fraction of sp³-hybridized carbons (Fsp3) is 0.0714. The van der Waals surface area contributed by atoms with Gasteiger partial charge in [0.25, 0.3) is 0 Å². The van der Waals surface area contributed by atoms with Gasteiger partial charge >= 0.3 is 0 Å². The molecule has 1 aliphatic rings. The molecule has 0 saturated heterocycles. The second-order valence-electron chi connectivity index (χ2n) is 7.83. The molecule has 0 unspecified atom stereocenters. The molecular weight excluding hydrogens is 367 g/mol. The maximum atomic E-state index is 2.38. The third-order valence-corrected chi connectivity index (χ3v) is 8.60. The fourth-order valence-corrected chi connectivity index (χ4v) is 7.20. The quantitative estimate of drug-likeness (QED) is 0.261. The minimum absolute atomic E-state index is 0.277. The monoisotopic (exact) mass is 388 g/mol. The molecule has 5 aromatic rings. The molecule has 0 N–H and O–H groups in total. The predicted octanol–water partition coefficient (Wildman–Crippen LogP) is 7.48. The maximum absolute atomic E-state index is 2.38. The van der Waals surface area contributed by atoms with Gasteiger partial charge in [-0.1, -0.05) is 111 Å². The molecule has 5 aromatic carbocycles. The van der Waals surface area contributed by atoms with Crippen LogP contribution >= 0.6 is 7.92 Å².